The van der Waals surface area contributed by atoms with Gasteiger partial charge < -0.3 is 5.73 Å². The van der Waals surface area contributed by atoms with Gasteiger partial charge in [-0.2, -0.15) is 0 Å². The Hall–Kier alpha value is -2.75. The first-order chi connectivity index (χ1) is 9.24. The van der Waals surface area contributed by atoms with Crippen LogP contribution in [0.4, 0.5) is 5.69 Å². The minimum atomic E-state index is -0.346. The second kappa shape index (κ2) is 4.49. The van der Waals surface area contributed by atoms with E-state index in [0.29, 0.717) is 16.8 Å². The van der Waals surface area contributed by atoms with Crippen molar-refractivity contribution in [1.82, 2.24) is 10.2 Å². The number of hydrogen-bond donors (Lipinski definition) is 1. The van der Waals surface area contributed by atoms with E-state index in [1.165, 1.54) is 0 Å². The van der Waals surface area contributed by atoms with Crippen LogP contribution in [0.5, 0.6) is 0 Å². The monoisotopic (exact) mass is 249 g/mol. The zero-order chi connectivity index (χ0) is 13.2. The number of hydrogen-bond acceptors (Lipinski definition) is 4. The molecule has 3 aromatic rings. The number of aromatic nitrogens is 2. The van der Waals surface area contributed by atoms with Crippen LogP contribution in [0.1, 0.15) is 0 Å². The van der Waals surface area contributed by atoms with Crippen molar-refractivity contribution in [3.63, 3.8) is 0 Å². The van der Waals surface area contributed by atoms with Crippen LogP contribution in [0.25, 0.3) is 22.0 Å². The van der Waals surface area contributed by atoms with Gasteiger partial charge >= 0.3 is 0 Å². The Morgan fingerprint density at radius 3 is 2.47 bits per heavy atom. The molecule has 3 rings (SSSR count). The third kappa shape index (κ3) is 2.15. The molecule has 0 aliphatic heterocycles. The average Bonchev–Trinajstić information content (AvgIpc) is 2.59. The van der Waals surface area contributed by atoms with Gasteiger partial charge in [0.1, 0.15) is 0 Å². The quantitative estimate of drug-likeness (QED) is 0.671. The maximum atomic E-state index is 12.0. The molecule has 0 unspecified atom stereocenters. The third-order valence-electron chi connectivity index (χ3n) is 2.92. The van der Waals surface area contributed by atoms with E-state index in [4.69, 9.17) is 5.73 Å². The fraction of sp³-hybridized carbons (Fsp3) is 0. The first-order valence-electron chi connectivity index (χ1n) is 5.87. The van der Waals surface area contributed by atoms with Gasteiger partial charge in [-0.25, -0.2) is 0 Å². The smallest absolute Gasteiger partial charge is 0.296 e. The maximum absolute atomic E-state index is 12.0. The molecule has 0 fully saturated rings. The summed E-state index contributed by atoms with van der Waals surface area (Å²) in [6.07, 6.45) is 0. The SMILES string of the molecule is Nc1ccc2nnc(=O)c(-c3ccccc3)cc2c1. The van der Waals surface area contributed by atoms with Crippen LogP contribution < -0.4 is 11.3 Å². The van der Waals surface area contributed by atoms with Crippen molar-refractivity contribution in [2.45, 2.75) is 0 Å². The molecule has 0 aliphatic carbocycles. The fourth-order valence-corrected chi connectivity index (χ4v) is 1.97. The molecule has 4 nitrogen and oxygen atoms in total. The van der Waals surface area contributed by atoms with Crippen LogP contribution in [0, 0.1) is 0 Å². The van der Waals surface area contributed by atoms with Crippen LogP contribution in [0.2, 0.25) is 0 Å². The molecule has 1 heterocycles. The molecule has 0 bridgehead atoms. The molecule has 2 N–H and O–H groups in total. The van der Waals surface area contributed by atoms with Gasteiger partial charge in [0.15, 0.2) is 0 Å². The molecule has 0 saturated heterocycles. The zero-order valence-corrected chi connectivity index (χ0v) is 10.1. The fourth-order valence-electron chi connectivity index (χ4n) is 1.97. The Kier molecular flexibility index (Phi) is 2.68. The molecule has 0 atom stereocenters. The van der Waals surface area contributed by atoms with Crippen molar-refractivity contribution in [2.75, 3.05) is 5.73 Å². The first-order valence-corrected chi connectivity index (χ1v) is 5.87. The molecule has 0 aliphatic rings. The van der Waals surface area contributed by atoms with E-state index >= 15 is 0 Å². The summed E-state index contributed by atoms with van der Waals surface area (Å²) < 4.78 is 0. The summed E-state index contributed by atoms with van der Waals surface area (Å²) in [4.78, 5) is 12.0. The number of fused-ring (bicyclic) bond motifs is 1. The minimum Gasteiger partial charge on any atom is -0.399 e. The first kappa shape index (κ1) is 11.3. The molecule has 0 spiro atoms. The Balaban J connectivity index is 2.37. The van der Waals surface area contributed by atoms with Gasteiger partial charge in [0.05, 0.1) is 11.1 Å². The molecule has 19 heavy (non-hydrogen) atoms. The van der Waals surface area contributed by atoms with Crippen molar-refractivity contribution in [3.05, 3.63) is 65.0 Å². The molecular weight excluding hydrogens is 238 g/mol. The van der Waals surface area contributed by atoms with Crippen LogP contribution in [-0.2, 0) is 0 Å². The Labute approximate surface area is 109 Å². The number of rotatable bonds is 1. The van der Waals surface area contributed by atoms with E-state index in [-0.39, 0.29) is 5.56 Å². The zero-order valence-electron chi connectivity index (χ0n) is 10.1. The van der Waals surface area contributed by atoms with E-state index in [0.717, 1.165) is 10.9 Å². The van der Waals surface area contributed by atoms with E-state index in [1.807, 2.05) is 30.3 Å². The lowest BCUT2D eigenvalue weighted by molar-refractivity contribution is 1.05. The van der Waals surface area contributed by atoms with Gasteiger partial charge in [0.2, 0.25) is 0 Å². The second-order valence-electron chi connectivity index (χ2n) is 4.25. The normalized spacial score (nSPS) is 10.5. The van der Waals surface area contributed by atoms with Gasteiger partial charge in [0.25, 0.3) is 5.56 Å². The minimum absolute atomic E-state index is 0.346. The number of nitrogens with two attached hydrogens (primary N) is 1. The lowest BCUT2D eigenvalue weighted by atomic mass is 10.1. The van der Waals surface area contributed by atoms with Gasteiger partial charge in [0, 0.05) is 11.1 Å². The lowest BCUT2D eigenvalue weighted by Crippen LogP contribution is -2.05. The summed E-state index contributed by atoms with van der Waals surface area (Å²) in [5.74, 6) is 0. The van der Waals surface area contributed by atoms with Crippen molar-refractivity contribution in [3.8, 4) is 11.1 Å². The van der Waals surface area contributed by atoms with Crippen molar-refractivity contribution in [2.24, 2.45) is 0 Å². The molecule has 4 heteroatoms. The van der Waals surface area contributed by atoms with Crippen LogP contribution >= 0.6 is 0 Å². The standard InChI is InChI=1S/C15H11N3O/c16-12-6-7-14-11(8-12)9-13(15(19)18-17-14)10-4-2-1-3-5-10/h1-9H,16H2. The summed E-state index contributed by atoms with van der Waals surface area (Å²) in [7, 11) is 0. The third-order valence-corrected chi connectivity index (χ3v) is 2.92. The molecule has 0 amide bonds. The predicted octanol–water partition coefficient (Wildman–Crippen LogP) is 2.24. The van der Waals surface area contributed by atoms with E-state index in [9.17, 15) is 4.79 Å². The van der Waals surface area contributed by atoms with E-state index in [2.05, 4.69) is 10.2 Å². The summed E-state index contributed by atoms with van der Waals surface area (Å²) in [6, 6.07) is 16.5. The average molecular weight is 249 g/mol. The molecule has 2 aromatic carbocycles. The Morgan fingerprint density at radius 2 is 1.68 bits per heavy atom. The highest BCUT2D eigenvalue weighted by Gasteiger charge is 2.04. The maximum Gasteiger partial charge on any atom is 0.296 e. The van der Waals surface area contributed by atoms with Crippen molar-refractivity contribution in [1.29, 1.82) is 0 Å². The lowest BCUT2D eigenvalue weighted by Gasteiger charge is -1.97. The topological polar surface area (TPSA) is 68.9 Å². The molecule has 1 aromatic heterocycles. The summed E-state index contributed by atoms with van der Waals surface area (Å²) >= 11 is 0. The molecule has 0 saturated carbocycles. The summed E-state index contributed by atoms with van der Waals surface area (Å²) in [6.45, 7) is 0. The van der Waals surface area contributed by atoms with Crippen LogP contribution in [-0.4, -0.2) is 10.2 Å². The van der Waals surface area contributed by atoms with Gasteiger partial charge in [-0.3, -0.25) is 4.79 Å². The highest BCUT2D eigenvalue weighted by molar-refractivity contribution is 5.84. The van der Waals surface area contributed by atoms with Gasteiger partial charge in [-0.15, -0.1) is 10.2 Å². The van der Waals surface area contributed by atoms with Gasteiger partial charge in [-0.1, -0.05) is 30.3 Å². The second-order valence-corrected chi connectivity index (χ2v) is 4.25. The van der Waals surface area contributed by atoms with Crippen molar-refractivity contribution >= 4 is 16.6 Å². The number of benzene rings is 2. The Morgan fingerprint density at radius 1 is 0.895 bits per heavy atom. The largest absolute Gasteiger partial charge is 0.399 e. The molecule has 0 radical (unpaired) electrons. The molecule has 92 valence electrons. The Bertz CT molecular complexity index is 801. The molecular formula is C15H11N3O. The van der Waals surface area contributed by atoms with Crippen LogP contribution in [0.3, 0.4) is 0 Å². The number of anilines is 1. The van der Waals surface area contributed by atoms with Crippen LogP contribution in [0.15, 0.2) is 59.4 Å². The highest BCUT2D eigenvalue weighted by atomic mass is 16.1. The number of nitrogens with zero attached hydrogens (tertiary/aromatic N) is 2. The van der Waals surface area contributed by atoms with Crippen molar-refractivity contribution < 1.29 is 0 Å². The van der Waals surface area contributed by atoms with E-state index in [1.54, 1.807) is 24.3 Å². The summed E-state index contributed by atoms with van der Waals surface area (Å²) in [5.41, 5.74) is 8.04. The highest BCUT2D eigenvalue weighted by Crippen LogP contribution is 2.19. The number of nitrogen functional groups attached to an aromatic ring is 1. The van der Waals surface area contributed by atoms with Gasteiger partial charge in [-0.05, 0) is 29.8 Å². The van der Waals surface area contributed by atoms with E-state index < -0.39 is 0 Å². The predicted molar refractivity (Wildman–Crippen MR) is 75.7 cm³/mol. The summed E-state index contributed by atoms with van der Waals surface area (Å²) in [5, 5.41) is 8.48.